The summed E-state index contributed by atoms with van der Waals surface area (Å²) >= 11 is 0. The first-order valence-corrected chi connectivity index (χ1v) is 12.5. The van der Waals surface area contributed by atoms with Gasteiger partial charge in [-0.1, -0.05) is 30.1 Å². The lowest BCUT2D eigenvalue weighted by molar-refractivity contribution is -0.119. The number of β-amino-alcohol motifs (C(OH)–C–C–N with tert-alkyl or cyclic N) is 1. The third-order valence-electron chi connectivity index (χ3n) is 5.64. The molecule has 1 aliphatic heterocycles. The van der Waals surface area contributed by atoms with E-state index in [1.54, 1.807) is 0 Å². The van der Waals surface area contributed by atoms with Crippen molar-refractivity contribution >= 4 is 38.7 Å². The topological polar surface area (TPSA) is 188 Å². The summed E-state index contributed by atoms with van der Waals surface area (Å²) < 4.78 is 27.3. The van der Waals surface area contributed by atoms with Gasteiger partial charge in [0, 0.05) is 32.8 Å². The zero-order valence-corrected chi connectivity index (χ0v) is 20.3. The van der Waals surface area contributed by atoms with E-state index in [1.807, 2.05) is 6.92 Å². The maximum Gasteiger partial charge on any atom is 0.273 e. The van der Waals surface area contributed by atoms with Gasteiger partial charge in [0.15, 0.2) is 5.82 Å². The highest BCUT2D eigenvalue weighted by Crippen LogP contribution is 2.29. The number of nitrogens with two attached hydrogens (primary N) is 1. The fourth-order valence-electron chi connectivity index (χ4n) is 3.76. The van der Waals surface area contributed by atoms with Crippen molar-refractivity contribution in [2.45, 2.75) is 63.0 Å². The number of unbranched alkanes of at least 4 members (excludes halogenated alkanes) is 1. The summed E-state index contributed by atoms with van der Waals surface area (Å²) in [7, 11) is -3.86. The van der Waals surface area contributed by atoms with Gasteiger partial charge in [0.1, 0.15) is 10.4 Å². The van der Waals surface area contributed by atoms with Crippen LogP contribution in [0.3, 0.4) is 0 Å². The molecule has 2 aromatic heterocycles. The highest BCUT2D eigenvalue weighted by Gasteiger charge is 2.32. The third-order valence-corrected chi connectivity index (χ3v) is 7.47. The summed E-state index contributed by atoms with van der Waals surface area (Å²) in [5.74, 6) is 5.28. The summed E-state index contributed by atoms with van der Waals surface area (Å²) in [5, 5.41) is 22.9. The Bertz CT molecular complexity index is 1170. The van der Waals surface area contributed by atoms with E-state index < -0.39 is 21.7 Å². The zero-order chi connectivity index (χ0) is 24.9. The maximum atomic E-state index is 13.0. The van der Waals surface area contributed by atoms with Crippen LogP contribution in [-0.4, -0.2) is 70.0 Å². The molecule has 5 N–H and O–H groups in total. The molecule has 2 atom stereocenters. The Morgan fingerprint density at radius 2 is 2.18 bits per heavy atom. The van der Waals surface area contributed by atoms with E-state index in [0.29, 0.717) is 24.3 Å². The molecule has 14 heteroatoms. The van der Waals surface area contributed by atoms with Crippen molar-refractivity contribution in [3.05, 3.63) is 12.3 Å². The number of hydrogen-bond donors (Lipinski definition) is 4. The number of amides is 1. The highest BCUT2D eigenvalue weighted by molar-refractivity contribution is 7.89. The Hall–Kier alpha value is -2.97. The lowest BCUT2D eigenvalue weighted by Gasteiger charge is -2.32. The van der Waals surface area contributed by atoms with Gasteiger partial charge < -0.3 is 21.6 Å². The van der Waals surface area contributed by atoms with E-state index in [4.69, 9.17) is 5.84 Å². The molecule has 3 rings (SSSR count). The smallest absolute Gasteiger partial charge is 0.273 e. The normalized spacial score (nSPS) is 18.9. The minimum absolute atomic E-state index is 0.0303. The summed E-state index contributed by atoms with van der Waals surface area (Å²) in [6.45, 7) is 6.07. The van der Waals surface area contributed by atoms with Gasteiger partial charge in [-0.2, -0.15) is 9.29 Å². The molecule has 186 valence electrons. The quantitative estimate of drug-likeness (QED) is 0.214. The molecular weight excluding hydrogens is 462 g/mol. The molecule has 0 saturated carbocycles. The first-order chi connectivity index (χ1) is 16.1. The molecule has 13 nitrogen and oxygen atoms in total. The van der Waals surface area contributed by atoms with E-state index in [0.717, 1.165) is 19.3 Å². The van der Waals surface area contributed by atoms with Gasteiger partial charge in [0.05, 0.1) is 17.2 Å². The van der Waals surface area contributed by atoms with Crippen molar-refractivity contribution in [2.24, 2.45) is 16.2 Å². The maximum absolute atomic E-state index is 13.0. The minimum atomic E-state index is -3.86. The Labute approximate surface area is 198 Å². The Morgan fingerprint density at radius 1 is 1.41 bits per heavy atom. The first-order valence-electron chi connectivity index (χ1n) is 11.1. The van der Waals surface area contributed by atoms with Crippen LogP contribution in [0.25, 0.3) is 11.0 Å². The molecule has 0 aromatic carbocycles. The molecule has 0 aliphatic carbocycles. The van der Waals surface area contributed by atoms with E-state index in [2.05, 4.69) is 42.8 Å². The third kappa shape index (κ3) is 5.93. The monoisotopic (exact) mass is 493 g/mol. The Kier molecular flexibility index (Phi) is 7.94. The second-order valence-corrected chi connectivity index (χ2v) is 10.6. The van der Waals surface area contributed by atoms with Gasteiger partial charge in [-0.25, -0.2) is 18.4 Å². The molecule has 34 heavy (non-hydrogen) atoms. The number of anilines is 1. The Morgan fingerprint density at radius 3 is 2.79 bits per heavy atom. The Balaban J connectivity index is 2.04. The predicted octanol–water partition coefficient (Wildman–Crippen LogP) is 1.23. The number of fused-ring (bicyclic) bond motifs is 1. The van der Waals surface area contributed by atoms with Gasteiger partial charge >= 0.3 is 0 Å². The second-order valence-electron chi connectivity index (χ2n) is 8.63. The number of sulfonamides is 1. The van der Waals surface area contributed by atoms with Gasteiger partial charge in [-0.15, -0.1) is 0 Å². The van der Waals surface area contributed by atoms with Crippen molar-refractivity contribution in [3.63, 3.8) is 0 Å². The van der Waals surface area contributed by atoms with E-state index in [9.17, 15) is 18.3 Å². The highest BCUT2D eigenvalue weighted by atomic mass is 32.2. The van der Waals surface area contributed by atoms with Crippen LogP contribution in [-0.2, 0) is 14.8 Å². The van der Waals surface area contributed by atoms with Crippen molar-refractivity contribution < 1.29 is 18.3 Å². The number of carbonyl (C=O) groups excluding carboxylic acids is 1. The fourth-order valence-corrected chi connectivity index (χ4v) is 5.22. The number of pyridine rings is 1. The SMILES string of the molecule is CCCC[C@](C)(CNC(C)=O)Nc1nc(N=NN)nc2cc(S(=O)(=O)N3CC[C@H](O)C3)cnc12. The predicted molar refractivity (Wildman–Crippen MR) is 126 cm³/mol. The molecule has 1 amide bonds. The van der Waals surface area contributed by atoms with E-state index in [1.165, 1.54) is 23.5 Å². The van der Waals surface area contributed by atoms with Gasteiger partial charge in [-0.05, 0) is 25.8 Å². The molecule has 1 aliphatic rings. The second kappa shape index (κ2) is 10.5. The minimum Gasteiger partial charge on any atom is -0.392 e. The van der Waals surface area contributed by atoms with Crippen LogP contribution >= 0.6 is 0 Å². The van der Waals surface area contributed by atoms with E-state index in [-0.39, 0.29) is 35.4 Å². The molecule has 0 radical (unpaired) electrons. The molecule has 2 aromatic rings. The van der Waals surface area contributed by atoms with Crippen LogP contribution in [0.4, 0.5) is 11.8 Å². The number of nitrogens with one attached hydrogen (secondary N) is 2. The molecule has 1 fully saturated rings. The van der Waals surface area contributed by atoms with E-state index >= 15 is 0 Å². The molecule has 1 saturated heterocycles. The molecule has 0 unspecified atom stereocenters. The lowest BCUT2D eigenvalue weighted by Crippen LogP contribution is -2.46. The van der Waals surface area contributed by atoms with Gasteiger partial charge in [0.25, 0.3) is 5.95 Å². The summed E-state index contributed by atoms with van der Waals surface area (Å²) in [5.41, 5.74) is -0.00176. The standard InChI is InChI=1S/C20H31N9O4S/c1-4-5-7-20(3,12-23-13(2)30)26-18-17-16(24-19(25-18)27-28-21)9-15(10-22-17)34(32,33)29-8-6-14(31)11-29/h9-10,14,31H,4-8,11-12H2,1-3H3,(H,23,30)(H3,21,24,25,26,27)/t14-,20+/m0/s1. The van der Waals surface area contributed by atoms with Crippen LogP contribution < -0.4 is 16.5 Å². The van der Waals surface area contributed by atoms with Crippen LogP contribution in [0, 0.1) is 0 Å². The molecular formula is C20H31N9O4S. The number of hydrogen-bond acceptors (Lipinski definition) is 10. The van der Waals surface area contributed by atoms with Crippen molar-refractivity contribution in [1.29, 1.82) is 0 Å². The van der Waals surface area contributed by atoms with Crippen molar-refractivity contribution in [2.75, 3.05) is 25.0 Å². The number of aliphatic hydroxyl groups is 1. The summed E-state index contributed by atoms with van der Waals surface area (Å²) in [6.07, 6.45) is 3.52. The number of carbonyl (C=O) groups is 1. The van der Waals surface area contributed by atoms with Crippen molar-refractivity contribution in [1.82, 2.24) is 24.6 Å². The van der Waals surface area contributed by atoms with Gasteiger partial charge in [-0.3, -0.25) is 4.79 Å². The summed E-state index contributed by atoms with van der Waals surface area (Å²) in [4.78, 5) is 24.4. The van der Waals surface area contributed by atoms with Crippen LogP contribution in [0.5, 0.6) is 0 Å². The number of aliphatic hydroxyl groups excluding tert-OH is 1. The van der Waals surface area contributed by atoms with Crippen LogP contribution in [0.2, 0.25) is 0 Å². The van der Waals surface area contributed by atoms with Crippen LogP contribution in [0.15, 0.2) is 27.5 Å². The average molecular weight is 494 g/mol. The average Bonchev–Trinajstić information content (AvgIpc) is 3.23. The lowest BCUT2D eigenvalue weighted by atomic mass is 9.94. The largest absolute Gasteiger partial charge is 0.392 e. The van der Waals surface area contributed by atoms with Crippen LogP contribution in [0.1, 0.15) is 46.5 Å². The molecule has 3 heterocycles. The number of nitrogens with zero attached hydrogens (tertiary/aromatic N) is 6. The molecule has 0 spiro atoms. The fraction of sp³-hybridized carbons (Fsp3) is 0.600. The summed E-state index contributed by atoms with van der Waals surface area (Å²) in [6, 6.07) is 1.39. The zero-order valence-electron chi connectivity index (χ0n) is 19.5. The number of aromatic nitrogens is 3. The molecule has 0 bridgehead atoms. The first kappa shape index (κ1) is 25.6. The van der Waals surface area contributed by atoms with Crippen molar-refractivity contribution in [3.8, 4) is 0 Å². The number of rotatable bonds is 10. The van der Waals surface area contributed by atoms with Gasteiger partial charge in [0.2, 0.25) is 15.9 Å².